The second kappa shape index (κ2) is 13.9. The molecular formula is C25H32N4O9. The van der Waals surface area contributed by atoms with Crippen LogP contribution in [0.25, 0.3) is 0 Å². The minimum absolute atomic E-state index is 0.0129. The zero-order valence-electron chi connectivity index (χ0n) is 20.6. The molecule has 0 fully saturated rings. The summed E-state index contributed by atoms with van der Waals surface area (Å²) in [5.41, 5.74) is 6.48. The Kier molecular flexibility index (Phi) is 11.0. The number of carbonyl (C=O) groups is 4. The summed E-state index contributed by atoms with van der Waals surface area (Å²) in [6.45, 7) is 0.519. The molecule has 2 aromatic carbocycles. The Labute approximate surface area is 218 Å². The minimum Gasteiger partial charge on any atom is -0.508 e. The summed E-state index contributed by atoms with van der Waals surface area (Å²) in [5.74, 6) is -4.11. The number of phenols is 2. The van der Waals surface area contributed by atoms with Gasteiger partial charge in [0.25, 0.3) is 0 Å². The van der Waals surface area contributed by atoms with Gasteiger partial charge in [0.05, 0.1) is 12.7 Å². The first-order valence-corrected chi connectivity index (χ1v) is 11.7. The van der Waals surface area contributed by atoms with E-state index >= 15 is 0 Å². The molecule has 0 aliphatic rings. The van der Waals surface area contributed by atoms with E-state index in [0.29, 0.717) is 11.1 Å². The Morgan fingerprint density at radius 3 is 1.63 bits per heavy atom. The Morgan fingerprint density at radius 2 is 1.21 bits per heavy atom. The Balaban J connectivity index is 2.26. The van der Waals surface area contributed by atoms with E-state index in [2.05, 4.69) is 16.0 Å². The van der Waals surface area contributed by atoms with Crippen molar-refractivity contribution in [3.8, 4) is 11.5 Å². The highest BCUT2D eigenvalue weighted by molar-refractivity contribution is 5.94. The molecule has 0 heterocycles. The smallest absolute Gasteiger partial charge is 0.326 e. The van der Waals surface area contributed by atoms with Crippen molar-refractivity contribution in [1.29, 1.82) is 0 Å². The van der Waals surface area contributed by atoms with Gasteiger partial charge in [-0.15, -0.1) is 0 Å². The van der Waals surface area contributed by atoms with Crippen molar-refractivity contribution < 1.29 is 44.7 Å². The molecule has 206 valence electrons. The number of rotatable bonds is 13. The summed E-state index contributed by atoms with van der Waals surface area (Å²) in [6.07, 6.45) is -1.66. The molecule has 0 aromatic heterocycles. The third kappa shape index (κ3) is 9.03. The maximum atomic E-state index is 13.2. The van der Waals surface area contributed by atoms with Crippen LogP contribution >= 0.6 is 0 Å². The van der Waals surface area contributed by atoms with Crippen LogP contribution in [0.2, 0.25) is 0 Å². The number of nitrogens with one attached hydrogen (secondary N) is 3. The average molecular weight is 533 g/mol. The van der Waals surface area contributed by atoms with Gasteiger partial charge in [-0.3, -0.25) is 14.4 Å². The molecule has 13 nitrogen and oxygen atoms in total. The molecule has 0 saturated carbocycles. The summed E-state index contributed by atoms with van der Waals surface area (Å²) >= 11 is 0. The van der Waals surface area contributed by atoms with Gasteiger partial charge < -0.3 is 47.2 Å². The van der Waals surface area contributed by atoms with Crippen LogP contribution in [0.1, 0.15) is 18.1 Å². The SMILES string of the molecule is CC(O)C(NC(=O)C(N)CO)C(=O)NC(Cc1ccc(O)cc1)C(=O)NC(Cc1ccc(O)cc1)C(=O)O. The van der Waals surface area contributed by atoms with Crippen molar-refractivity contribution in [1.82, 2.24) is 16.0 Å². The molecule has 38 heavy (non-hydrogen) atoms. The van der Waals surface area contributed by atoms with E-state index in [9.17, 15) is 39.6 Å². The van der Waals surface area contributed by atoms with Gasteiger partial charge in [-0.1, -0.05) is 24.3 Å². The highest BCUT2D eigenvalue weighted by atomic mass is 16.4. The summed E-state index contributed by atoms with van der Waals surface area (Å²) < 4.78 is 0. The quantitative estimate of drug-likeness (QED) is 0.139. The van der Waals surface area contributed by atoms with E-state index in [4.69, 9.17) is 10.8 Å². The van der Waals surface area contributed by atoms with Crippen LogP contribution in [0.5, 0.6) is 11.5 Å². The largest absolute Gasteiger partial charge is 0.508 e. The maximum absolute atomic E-state index is 13.2. The van der Waals surface area contributed by atoms with E-state index in [1.807, 2.05) is 0 Å². The Bertz CT molecular complexity index is 1110. The number of nitrogens with two attached hydrogens (primary N) is 1. The standard InChI is InChI=1S/C25H32N4O9/c1-13(31)21(29-22(34)18(26)12-30)24(36)27-19(10-14-2-6-16(32)7-3-14)23(35)28-20(25(37)38)11-15-4-8-17(33)9-5-15/h2-9,13,18-21,30-33H,10-12,26H2,1H3,(H,27,36)(H,28,35)(H,29,34)(H,37,38). The van der Waals surface area contributed by atoms with Gasteiger partial charge in [0.1, 0.15) is 35.7 Å². The molecule has 5 atom stereocenters. The molecular weight excluding hydrogens is 500 g/mol. The molecule has 2 aromatic rings. The zero-order chi connectivity index (χ0) is 28.4. The number of aromatic hydroxyl groups is 2. The summed E-state index contributed by atoms with van der Waals surface area (Å²) in [5, 5.41) is 54.8. The molecule has 0 aliphatic heterocycles. The minimum atomic E-state index is -1.54. The number of aliphatic hydroxyl groups excluding tert-OH is 2. The second-order valence-corrected chi connectivity index (χ2v) is 8.72. The lowest BCUT2D eigenvalue weighted by atomic mass is 10.0. The van der Waals surface area contributed by atoms with Crippen LogP contribution in [0.4, 0.5) is 0 Å². The van der Waals surface area contributed by atoms with Gasteiger partial charge in [-0.2, -0.15) is 0 Å². The third-order valence-electron chi connectivity index (χ3n) is 5.60. The third-order valence-corrected chi connectivity index (χ3v) is 5.60. The zero-order valence-corrected chi connectivity index (χ0v) is 20.6. The van der Waals surface area contributed by atoms with Crippen molar-refractivity contribution in [2.45, 2.75) is 50.0 Å². The average Bonchev–Trinajstić information content (AvgIpc) is 2.87. The van der Waals surface area contributed by atoms with Crippen LogP contribution in [-0.4, -0.2) is 86.1 Å². The molecule has 3 amide bonds. The summed E-state index contributed by atoms with van der Waals surface area (Å²) in [6, 6.07) is 5.85. The first-order chi connectivity index (χ1) is 17.9. The van der Waals surface area contributed by atoms with Gasteiger partial charge in [0.15, 0.2) is 0 Å². The molecule has 5 unspecified atom stereocenters. The molecule has 2 rings (SSSR count). The Hall–Kier alpha value is -4.20. The Morgan fingerprint density at radius 1 is 0.763 bits per heavy atom. The van der Waals surface area contributed by atoms with Crippen molar-refractivity contribution in [3.63, 3.8) is 0 Å². The number of aliphatic carboxylic acids is 1. The fourth-order valence-electron chi connectivity index (χ4n) is 3.43. The van der Waals surface area contributed by atoms with Crippen LogP contribution in [0.3, 0.4) is 0 Å². The number of hydrogen-bond acceptors (Lipinski definition) is 9. The molecule has 13 heteroatoms. The van der Waals surface area contributed by atoms with Crippen molar-refractivity contribution in [2.24, 2.45) is 5.73 Å². The number of carboxylic acids is 1. The lowest BCUT2D eigenvalue weighted by Gasteiger charge is -2.26. The van der Waals surface area contributed by atoms with E-state index in [1.54, 1.807) is 0 Å². The number of phenolic OH excluding ortho intramolecular Hbond substituents is 2. The topological polar surface area (TPSA) is 232 Å². The van der Waals surface area contributed by atoms with E-state index < -0.39 is 60.6 Å². The number of carboxylic acid groups (broad SMARTS) is 1. The van der Waals surface area contributed by atoms with Crippen LogP contribution in [0.15, 0.2) is 48.5 Å². The first kappa shape index (κ1) is 30.0. The van der Waals surface area contributed by atoms with Crippen molar-refractivity contribution in [3.05, 3.63) is 59.7 Å². The molecule has 0 spiro atoms. The monoisotopic (exact) mass is 532 g/mol. The van der Waals surface area contributed by atoms with Gasteiger partial charge in [-0.05, 0) is 42.3 Å². The molecule has 0 saturated heterocycles. The fraction of sp³-hybridized carbons (Fsp3) is 0.360. The predicted octanol–water partition coefficient (Wildman–Crippen LogP) is -1.88. The number of hydrogen-bond donors (Lipinski definition) is 9. The van der Waals surface area contributed by atoms with Crippen molar-refractivity contribution in [2.75, 3.05) is 6.61 Å². The number of amides is 3. The van der Waals surface area contributed by atoms with Gasteiger partial charge in [0, 0.05) is 12.8 Å². The summed E-state index contributed by atoms with van der Waals surface area (Å²) in [7, 11) is 0. The molecule has 0 aliphatic carbocycles. The van der Waals surface area contributed by atoms with Crippen LogP contribution in [0, 0.1) is 0 Å². The molecule has 0 radical (unpaired) electrons. The van der Waals surface area contributed by atoms with Crippen LogP contribution < -0.4 is 21.7 Å². The normalized spacial score (nSPS) is 14.8. The lowest BCUT2D eigenvalue weighted by molar-refractivity contribution is -0.142. The predicted molar refractivity (Wildman–Crippen MR) is 134 cm³/mol. The number of benzene rings is 2. The van der Waals surface area contributed by atoms with E-state index in [0.717, 1.165) is 0 Å². The highest BCUT2D eigenvalue weighted by Crippen LogP contribution is 2.14. The fourth-order valence-corrected chi connectivity index (χ4v) is 3.43. The number of carbonyl (C=O) groups excluding carboxylic acids is 3. The molecule has 10 N–H and O–H groups in total. The maximum Gasteiger partial charge on any atom is 0.326 e. The van der Waals surface area contributed by atoms with Gasteiger partial charge >= 0.3 is 5.97 Å². The van der Waals surface area contributed by atoms with Gasteiger partial charge in [-0.25, -0.2) is 4.79 Å². The van der Waals surface area contributed by atoms with Gasteiger partial charge in [0.2, 0.25) is 17.7 Å². The lowest BCUT2D eigenvalue weighted by Crippen LogP contribution is -2.60. The first-order valence-electron chi connectivity index (χ1n) is 11.7. The van der Waals surface area contributed by atoms with E-state index in [1.165, 1.54) is 55.5 Å². The van der Waals surface area contributed by atoms with Crippen molar-refractivity contribution >= 4 is 23.7 Å². The second-order valence-electron chi connectivity index (χ2n) is 8.72. The van der Waals surface area contributed by atoms with Crippen LogP contribution in [-0.2, 0) is 32.0 Å². The highest BCUT2D eigenvalue weighted by Gasteiger charge is 2.32. The summed E-state index contributed by atoms with van der Waals surface area (Å²) in [4.78, 5) is 50.1. The van der Waals surface area contributed by atoms with E-state index in [-0.39, 0.29) is 24.3 Å². The number of aliphatic hydroxyl groups is 2. The molecule has 0 bridgehead atoms.